The zero-order valence-electron chi connectivity index (χ0n) is 27.9. The number of ether oxygens (including phenoxy) is 4. The molecular formula is C35H48N6O6. The van der Waals surface area contributed by atoms with Crippen molar-refractivity contribution in [2.45, 2.75) is 66.5 Å². The average molecular weight is 649 g/mol. The van der Waals surface area contributed by atoms with Crippen molar-refractivity contribution in [2.24, 2.45) is 4.99 Å². The number of rotatable bonds is 21. The zero-order chi connectivity index (χ0) is 33.4. The summed E-state index contributed by atoms with van der Waals surface area (Å²) in [6.45, 7) is 12.7. The quantitative estimate of drug-likeness (QED) is 0.0965. The van der Waals surface area contributed by atoms with Crippen molar-refractivity contribution in [3.8, 4) is 11.5 Å². The van der Waals surface area contributed by atoms with Crippen LogP contribution >= 0.6 is 0 Å². The number of phenols is 2. The second kappa shape index (κ2) is 18.9. The van der Waals surface area contributed by atoms with E-state index in [4.69, 9.17) is 23.9 Å². The highest BCUT2D eigenvalue weighted by Crippen LogP contribution is 2.22. The van der Waals surface area contributed by atoms with Crippen LogP contribution in [0.15, 0.2) is 78.3 Å². The van der Waals surface area contributed by atoms with E-state index in [-0.39, 0.29) is 17.8 Å². The normalized spacial score (nSPS) is 12.2. The van der Waals surface area contributed by atoms with Crippen LogP contribution in [0, 0.1) is 0 Å². The van der Waals surface area contributed by atoms with Gasteiger partial charge < -0.3 is 38.3 Å². The molecule has 0 amide bonds. The summed E-state index contributed by atoms with van der Waals surface area (Å²) in [6, 6.07) is 14.4. The van der Waals surface area contributed by atoms with Gasteiger partial charge in [-0.3, -0.25) is 9.89 Å². The number of aromatic hydroxyl groups is 2. The van der Waals surface area contributed by atoms with Crippen molar-refractivity contribution in [3.63, 3.8) is 0 Å². The van der Waals surface area contributed by atoms with Gasteiger partial charge in [0.15, 0.2) is 18.4 Å². The van der Waals surface area contributed by atoms with Crippen LogP contribution in [-0.4, -0.2) is 92.0 Å². The first-order chi connectivity index (χ1) is 23.0. The third kappa shape index (κ3) is 10.5. The first-order valence-corrected chi connectivity index (χ1v) is 16.3. The predicted octanol–water partition coefficient (Wildman–Crippen LogP) is 4.83. The molecule has 0 saturated heterocycles. The monoisotopic (exact) mass is 648 g/mol. The van der Waals surface area contributed by atoms with Crippen LogP contribution in [0.4, 0.5) is 0 Å². The number of para-hydroxylation sites is 2. The Bertz CT molecular complexity index is 1510. The lowest BCUT2D eigenvalue weighted by atomic mass is 10.1. The fourth-order valence-electron chi connectivity index (χ4n) is 5.26. The Morgan fingerprint density at radius 2 is 1.32 bits per heavy atom. The number of aliphatic imine (C=N–C) groups is 1. The van der Waals surface area contributed by atoms with Gasteiger partial charge in [0.2, 0.25) is 0 Å². The topological polar surface area (TPSA) is 129 Å². The van der Waals surface area contributed by atoms with Gasteiger partial charge in [0.05, 0.1) is 26.2 Å². The molecule has 0 aliphatic carbocycles. The average Bonchev–Trinajstić information content (AvgIpc) is 3.70. The van der Waals surface area contributed by atoms with E-state index >= 15 is 0 Å². The van der Waals surface area contributed by atoms with Gasteiger partial charge in [-0.05, 0) is 45.9 Å². The Kier molecular flexibility index (Phi) is 14.4. The number of hydrogen-bond donors (Lipinski definition) is 2. The molecule has 0 spiro atoms. The summed E-state index contributed by atoms with van der Waals surface area (Å²) in [5.41, 5.74) is 1.93. The fraction of sp³-hybridized carbons (Fsp3) is 0.457. The van der Waals surface area contributed by atoms with Crippen molar-refractivity contribution < 1.29 is 29.2 Å². The van der Waals surface area contributed by atoms with E-state index in [9.17, 15) is 10.2 Å². The van der Waals surface area contributed by atoms with E-state index in [1.54, 1.807) is 30.6 Å². The lowest BCUT2D eigenvalue weighted by molar-refractivity contribution is -0.144. The van der Waals surface area contributed by atoms with Gasteiger partial charge >= 0.3 is 0 Å². The highest BCUT2D eigenvalue weighted by Gasteiger charge is 2.20. The molecule has 12 heteroatoms. The first kappa shape index (κ1) is 35.8. The van der Waals surface area contributed by atoms with E-state index in [0.29, 0.717) is 82.8 Å². The van der Waals surface area contributed by atoms with E-state index in [2.05, 4.69) is 14.9 Å². The van der Waals surface area contributed by atoms with Gasteiger partial charge in [0, 0.05) is 75.4 Å². The summed E-state index contributed by atoms with van der Waals surface area (Å²) < 4.78 is 27.1. The van der Waals surface area contributed by atoms with E-state index < -0.39 is 6.29 Å². The highest BCUT2D eigenvalue weighted by atomic mass is 16.7. The summed E-state index contributed by atoms with van der Waals surface area (Å²) in [5.74, 6) is 1.77. The Morgan fingerprint density at radius 1 is 0.745 bits per heavy atom. The Hall–Kier alpha value is -4.07. The molecule has 4 aromatic rings. The first-order valence-electron chi connectivity index (χ1n) is 16.3. The summed E-state index contributed by atoms with van der Waals surface area (Å²) >= 11 is 0. The van der Waals surface area contributed by atoms with Crippen LogP contribution in [0.2, 0.25) is 0 Å². The van der Waals surface area contributed by atoms with Gasteiger partial charge in [-0.2, -0.15) is 0 Å². The van der Waals surface area contributed by atoms with E-state index in [1.807, 2.05) is 79.6 Å². The molecule has 2 heterocycles. The number of imidazole rings is 2. The van der Waals surface area contributed by atoms with Crippen molar-refractivity contribution in [3.05, 3.63) is 96.1 Å². The van der Waals surface area contributed by atoms with Crippen LogP contribution in [0.25, 0.3) is 0 Å². The van der Waals surface area contributed by atoms with Crippen molar-refractivity contribution in [1.29, 1.82) is 0 Å². The molecule has 47 heavy (non-hydrogen) atoms. The third-order valence-corrected chi connectivity index (χ3v) is 7.43. The number of nitrogens with zero attached hydrogens (tertiary/aromatic N) is 6. The van der Waals surface area contributed by atoms with Crippen LogP contribution in [0.1, 0.15) is 50.5 Å². The second-order valence-electron chi connectivity index (χ2n) is 10.7. The molecule has 0 fully saturated rings. The molecule has 0 radical (unpaired) electrons. The van der Waals surface area contributed by atoms with Crippen LogP contribution < -0.4 is 0 Å². The van der Waals surface area contributed by atoms with Crippen molar-refractivity contribution in [1.82, 2.24) is 24.0 Å². The maximum atomic E-state index is 10.9. The Balaban J connectivity index is 1.62. The van der Waals surface area contributed by atoms with Gasteiger partial charge in [0.25, 0.3) is 0 Å². The summed E-state index contributed by atoms with van der Waals surface area (Å²) in [6.07, 6.45) is 6.43. The van der Waals surface area contributed by atoms with Gasteiger partial charge in [-0.25, -0.2) is 9.97 Å². The Labute approximate surface area is 277 Å². The molecule has 0 bridgehead atoms. The molecule has 2 aromatic heterocycles. The summed E-state index contributed by atoms with van der Waals surface area (Å²) in [5, 5.41) is 21.5. The number of aromatic nitrogens is 4. The highest BCUT2D eigenvalue weighted by molar-refractivity contribution is 6.12. The molecule has 254 valence electrons. The molecule has 0 unspecified atom stereocenters. The van der Waals surface area contributed by atoms with Crippen LogP contribution in [-0.2, 0) is 45.1 Å². The smallest absolute Gasteiger partial charge is 0.175 e. The van der Waals surface area contributed by atoms with Gasteiger partial charge in [0.1, 0.15) is 23.0 Å². The molecular weight excluding hydrogens is 600 g/mol. The molecule has 0 aliphatic rings. The van der Waals surface area contributed by atoms with Crippen molar-refractivity contribution >= 4 is 5.71 Å². The minimum Gasteiger partial charge on any atom is -0.508 e. The predicted molar refractivity (Wildman–Crippen MR) is 179 cm³/mol. The molecule has 0 atom stereocenters. The maximum absolute atomic E-state index is 10.9. The molecule has 2 N–H and O–H groups in total. The summed E-state index contributed by atoms with van der Waals surface area (Å²) in [4.78, 5) is 16.5. The molecule has 0 aliphatic heterocycles. The largest absolute Gasteiger partial charge is 0.508 e. The minimum absolute atomic E-state index is 0.109. The maximum Gasteiger partial charge on any atom is 0.175 e. The Morgan fingerprint density at radius 3 is 1.96 bits per heavy atom. The van der Waals surface area contributed by atoms with Crippen LogP contribution in [0.5, 0.6) is 11.5 Å². The van der Waals surface area contributed by atoms with Gasteiger partial charge in [-0.15, -0.1) is 0 Å². The van der Waals surface area contributed by atoms with E-state index in [0.717, 1.165) is 11.4 Å². The molecule has 12 nitrogen and oxygen atoms in total. The number of benzene rings is 2. The van der Waals surface area contributed by atoms with Crippen molar-refractivity contribution in [2.75, 3.05) is 39.5 Å². The molecule has 4 rings (SSSR count). The zero-order valence-corrected chi connectivity index (χ0v) is 27.9. The second-order valence-corrected chi connectivity index (χ2v) is 10.7. The van der Waals surface area contributed by atoms with Crippen LogP contribution in [0.3, 0.4) is 0 Å². The van der Waals surface area contributed by atoms with E-state index in [1.165, 1.54) is 0 Å². The number of phenolic OH excluding ortho intramolecular Hbond substituents is 2. The summed E-state index contributed by atoms with van der Waals surface area (Å²) in [7, 11) is 0. The fourth-order valence-corrected chi connectivity index (χ4v) is 5.26. The lowest BCUT2D eigenvalue weighted by Crippen LogP contribution is -2.30. The standard InChI is InChI=1S/C35H48N6O6/c1-5-44-32(45-6-2)25-40-21-18-36-31(40)24-39(23-27-13-9-11-15-29(27)42)20-17-37-34(28-14-10-12-16-30(28)43)35-38-19-22-41(35)26-33(46-7-3)47-8-4/h9-16,18-19,21-22,32-33,42-43H,5-8,17,20,23-26H2,1-4H3. The lowest BCUT2D eigenvalue weighted by Gasteiger charge is -2.24. The molecule has 0 saturated carbocycles. The number of hydrogen-bond acceptors (Lipinski definition) is 10. The van der Waals surface area contributed by atoms with Gasteiger partial charge in [-0.1, -0.05) is 30.3 Å². The minimum atomic E-state index is -0.452. The third-order valence-electron chi connectivity index (χ3n) is 7.43. The molecule has 2 aromatic carbocycles. The SMILES string of the molecule is CCOC(Cn1ccnc1CN(CCN=C(c1ccccc1O)c1nccn1CC(OCC)OCC)Cc1ccccc1O)OCC.